The number of allylic oxidation sites excluding steroid dienone is 1. The molecule has 1 aliphatic heterocycles. The third-order valence-corrected chi connectivity index (χ3v) is 2.24. The van der Waals surface area contributed by atoms with Crippen LogP contribution in [0.3, 0.4) is 0 Å². The van der Waals surface area contributed by atoms with Crippen molar-refractivity contribution in [3.05, 3.63) is 22.9 Å². The maximum atomic E-state index is 11.3. The summed E-state index contributed by atoms with van der Waals surface area (Å²) >= 11 is 0. The van der Waals surface area contributed by atoms with Crippen LogP contribution in [0.25, 0.3) is 0 Å². The molecule has 1 rings (SSSR count). The molecule has 0 aromatic rings. The van der Waals surface area contributed by atoms with Crippen LogP contribution in [-0.4, -0.2) is 22.9 Å². The van der Waals surface area contributed by atoms with Crippen LogP contribution in [0.1, 0.15) is 19.8 Å². The lowest BCUT2D eigenvalue weighted by atomic mass is 10.0. The van der Waals surface area contributed by atoms with E-state index < -0.39 is 11.9 Å². The van der Waals surface area contributed by atoms with E-state index in [-0.39, 0.29) is 18.7 Å². The van der Waals surface area contributed by atoms with Crippen molar-refractivity contribution in [1.29, 1.82) is 0 Å². The third kappa shape index (κ3) is 2.69. The van der Waals surface area contributed by atoms with Gasteiger partial charge in [-0.3, -0.25) is 14.4 Å². The maximum absolute atomic E-state index is 11.3. The van der Waals surface area contributed by atoms with Gasteiger partial charge in [-0.1, -0.05) is 0 Å². The second-order valence-electron chi connectivity index (χ2n) is 3.41. The molecule has 0 unspecified atom stereocenters. The van der Waals surface area contributed by atoms with E-state index in [1.807, 2.05) is 0 Å². The fourth-order valence-electron chi connectivity index (χ4n) is 1.45. The first kappa shape index (κ1) is 12.0. The molecular weight excluding hydrogens is 212 g/mol. The summed E-state index contributed by atoms with van der Waals surface area (Å²) in [6, 6.07) is 0. The molecule has 0 aliphatic carbocycles. The predicted octanol–water partition coefficient (Wildman–Crippen LogP) is -0.333. The molecule has 0 radical (unpaired) electrons. The summed E-state index contributed by atoms with van der Waals surface area (Å²) in [5, 5.41) is 11.0. The Kier molecular flexibility index (Phi) is 3.44. The summed E-state index contributed by atoms with van der Waals surface area (Å²) in [6.45, 7) is 1.58. The fraction of sp³-hybridized carbons (Fsp3) is 0.300. The molecule has 0 aromatic heterocycles. The molecule has 0 spiro atoms. The van der Waals surface area contributed by atoms with Crippen LogP contribution in [0.15, 0.2) is 22.9 Å². The molecule has 86 valence electrons. The van der Waals surface area contributed by atoms with Gasteiger partial charge in [0.2, 0.25) is 5.91 Å². The van der Waals surface area contributed by atoms with E-state index in [0.717, 1.165) is 6.08 Å². The van der Waals surface area contributed by atoms with Crippen LogP contribution in [0, 0.1) is 0 Å². The molecule has 1 heterocycles. The van der Waals surface area contributed by atoms with Crippen LogP contribution in [0.5, 0.6) is 0 Å². The summed E-state index contributed by atoms with van der Waals surface area (Å²) in [5.41, 5.74) is 6.24. The molecule has 1 aliphatic rings. The number of hydrogen-bond acceptors (Lipinski definition) is 3. The van der Waals surface area contributed by atoms with Crippen LogP contribution in [0.2, 0.25) is 0 Å². The van der Waals surface area contributed by atoms with Gasteiger partial charge in [0.05, 0.1) is 5.70 Å². The Morgan fingerprint density at radius 1 is 1.50 bits per heavy atom. The number of nitrogens with one attached hydrogen (secondary N) is 1. The first-order chi connectivity index (χ1) is 7.41. The second-order valence-corrected chi connectivity index (χ2v) is 3.41. The summed E-state index contributed by atoms with van der Waals surface area (Å²) in [5.74, 6) is -1.97. The fourth-order valence-corrected chi connectivity index (χ4v) is 1.45. The Hall–Kier alpha value is -2.11. The molecule has 0 aromatic carbocycles. The number of carbonyl (C=O) groups excluding carboxylic acids is 2. The average molecular weight is 224 g/mol. The van der Waals surface area contributed by atoms with E-state index >= 15 is 0 Å². The summed E-state index contributed by atoms with van der Waals surface area (Å²) in [7, 11) is 0. The number of carbonyl (C=O) groups is 3. The lowest BCUT2D eigenvalue weighted by molar-refractivity contribution is -0.137. The van der Waals surface area contributed by atoms with Crippen molar-refractivity contribution in [1.82, 2.24) is 5.32 Å². The Morgan fingerprint density at radius 3 is 2.62 bits per heavy atom. The van der Waals surface area contributed by atoms with Crippen molar-refractivity contribution < 1.29 is 19.5 Å². The van der Waals surface area contributed by atoms with Gasteiger partial charge in [0.15, 0.2) is 0 Å². The van der Waals surface area contributed by atoms with E-state index in [1.165, 1.54) is 0 Å². The third-order valence-electron chi connectivity index (χ3n) is 2.24. The number of amides is 2. The van der Waals surface area contributed by atoms with E-state index in [2.05, 4.69) is 5.32 Å². The molecule has 6 nitrogen and oxygen atoms in total. The van der Waals surface area contributed by atoms with Gasteiger partial charge in [-0.05, 0) is 18.9 Å². The molecule has 0 atom stereocenters. The van der Waals surface area contributed by atoms with E-state index in [9.17, 15) is 14.4 Å². The SMILES string of the molecule is CC1=C(CCC(=O)O)/C(=C/C(N)=O)NC1=O. The summed E-state index contributed by atoms with van der Waals surface area (Å²) in [6.07, 6.45) is 1.18. The number of primary amides is 1. The quantitative estimate of drug-likeness (QED) is 0.568. The topological polar surface area (TPSA) is 109 Å². The minimum absolute atomic E-state index is 0.0995. The highest BCUT2D eigenvalue weighted by Crippen LogP contribution is 2.24. The summed E-state index contributed by atoms with van der Waals surface area (Å²) in [4.78, 5) is 32.5. The summed E-state index contributed by atoms with van der Waals surface area (Å²) < 4.78 is 0. The predicted molar refractivity (Wildman–Crippen MR) is 55.0 cm³/mol. The minimum Gasteiger partial charge on any atom is -0.481 e. The van der Waals surface area contributed by atoms with Gasteiger partial charge in [-0.25, -0.2) is 0 Å². The Morgan fingerprint density at radius 2 is 2.12 bits per heavy atom. The van der Waals surface area contributed by atoms with Crippen molar-refractivity contribution in [2.75, 3.05) is 0 Å². The molecule has 0 fully saturated rings. The molecular formula is C10H12N2O4. The van der Waals surface area contributed by atoms with Gasteiger partial charge >= 0.3 is 5.97 Å². The van der Waals surface area contributed by atoms with E-state index in [0.29, 0.717) is 16.8 Å². The highest BCUT2D eigenvalue weighted by Gasteiger charge is 2.24. The van der Waals surface area contributed by atoms with Crippen LogP contribution in [0.4, 0.5) is 0 Å². The standard InChI is InChI=1S/C10H12N2O4/c1-5-6(2-3-9(14)15)7(4-8(11)13)12-10(5)16/h4H,2-3H2,1H3,(H2,11,13)(H,12,16)(H,14,15)/b7-4-. The molecule has 0 bridgehead atoms. The van der Waals surface area contributed by atoms with Crippen LogP contribution < -0.4 is 11.1 Å². The Labute approximate surface area is 91.8 Å². The first-order valence-corrected chi connectivity index (χ1v) is 4.66. The van der Waals surface area contributed by atoms with Gasteiger partial charge in [-0.15, -0.1) is 0 Å². The molecule has 6 heteroatoms. The molecule has 0 saturated heterocycles. The van der Waals surface area contributed by atoms with Crippen molar-refractivity contribution in [2.45, 2.75) is 19.8 Å². The molecule has 16 heavy (non-hydrogen) atoms. The van der Waals surface area contributed by atoms with Crippen LogP contribution >= 0.6 is 0 Å². The van der Waals surface area contributed by atoms with Gasteiger partial charge in [-0.2, -0.15) is 0 Å². The average Bonchev–Trinajstić information content (AvgIpc) is 2.39. The zero-order valence-corrected chi connectivity index (χ0v) is 8.74. The van der Waals surface area contributed by atoms with Gasteiger partial charge in [0.25, 0.3) is 5.91 Å². The number of carboxylic acids is 1. The largest absolute Gasteiger partial charge is 0.481 e. The zero-order chi connectivity index (χ0) is 12.3. The van der Waals surface area contributed by atoms with E-state index in [1.54, 1.807) is 6.92 Å². The normalized spacial score (nSPS) is 17.8. The molecule has 2 amide bonds. The van der Waals surface area contributed by atoms with Crippen molar-refractivity contribution in [2.24, 2.45) is 5.73 Å². The Bertz CT molecular complexity index is 421. The number of aliphatic carboxylic acids is 1. The zero-order valence-electron chi connectivity index (χ0n) is 8.74. The smallest absolute Gasteiger partial charge is 0.303 e. The van der Waals surface area contributed by atoms with Crippen molar-refractivity contribution in [3.63, 3.8) is 0 Å². The highest BCUT2D eigenvalue weighted by molar-refractivity contribution is 6.01. The van der Waals surface area contributed by atoms with Crippen molar-refractivity contribution in [3.8, 4) is 0 Å². The number of rotatable bonds is 4. The lowest BCUT2D eigenvalue weighted by Gasteiger charge is -2.03. The number of hydrogen-bond donors (Lipinski definition) is 3. The maximum Gasteiger partial charge on any atom is 0.303 e. The van der Waals surface area contributed by atoms with Crippen LogP contribution in [-0.2, 0) is 14.4 Å². The molecule has 0 saturated carbocycles. The minimum atomic E-state index is -0.960. The first-order valence-electron chi connectivity index (χ1n) is 4.66. The lowest BCUT2D eigenvalue weighted by Crippen LogP contribution is -2.18. The second kappa shape index (κ2) is 4.61. The van der Waals surface area contributed by atoms with Gasteiger partial charge in [0, 0.05) is 18.1 Å². The number of nitrogens with two attached hydrogens (primary N) is 1. The van der Waals surface area contributed by atoms with Gasteiger partial charge < -0.3 is 16.2 Å². The highest BCUT2D eigenvalue weighted by atomic mass is 16.4. The number of carboxylic acid groups (broad SMARTS) is 1. The van der Waals surface area contributed by atoms with Gasteiger partial charge in [0.1, 0.15) is 0 Å². The monoisotopic (exact) mass is 224 g/mol. The molecule has 4 N–H and O–H groups in total. The van der Waals surface area contributed by atoms with Crippen molar-refractivity contribution >= 4 is 17.8 Å². The van der Waals surface area contributed by atoms with E-state index in [4.69, 9.17) is 10.8 Å². The Balaban J connectivity index is 2.93.